The number of H-pyrrole nitrogens is 1. The summed E-state index contributed by atoms with van der Waals surface area (Å²) >= 11 is 0. The molecule has 0 unspecified atom stereocenters. The number of aliphatic imine (C=N–C) groups is 1. The molecular weight excluding hydrogens is 448 g/mol. The van der Waals surface area contributed by atoms with Gasteiger partial charge in [0.25, 0.3) is 0 Å². The Morgan fingerprint density at radius 1 is 1.31 bits per heavy atom. The van der Waals surface area contributed by atoms with Crippen LogP contribution in [0.3, 0.4) is 0 Å². The molecule has 7 nitrogen and oxygen atoms in total. The van der Waals surface area contributed by atoms with Crippen molar-refractivity contribution in [2.24, 2.45) is 12.0 Å². The van der Waals surface area contributed by atoms with Crippen LogP contribution in [0.25, 0.3) is 10.9 Å². The van der Waals surface area contributed by atoms with E-state index in [1.54, 1.807) is 13.1 Å². The number of rotatable bonds is 5. The summed E-state index contributed by atoms with van der Waals surface area (Å²) in [5.41, 5.74) is 1.96. The Morgan fingerprint density at radius 2 is 2.12 bits per heavy atom. The molecule has 0 aliphatic rings. The van der Waals surface area contributed by atoms with E-state index in [2.05, 4.69) is 30.8 Å². The third kappa shape index (κ3) is 4.51. The van der Waals surface area contributed by atoms with Gasteiger partial charge in [0.2, 0.25) is 0 Å². The predicted molar refractivity (Wildman–Crippen MR) is 111 cm³/mol. The summed E-state index contributed by atoms with van der Waals surface area (Å²) in [6, 6.07) is 4.80. The number of guanidine groups is 1. The van der Waals surface area contributed by atoms with Crippen LogP contribution in [0.1, 0.15) is 17.2 Å². The lowest BCUT2D eigenvalue weighted by molar-refractivity contribution is 0.629. The van der Waals surface area contributed by atoms with Crippen molar-refractivity contribution >= 4 is 40.8 Å². The van der Waals surface area contributed by atoms with Gasteiger partial charge in [0.1, 0.15) is 11.6 Å². The van der Waals surface area contributed by atoms with Crippen molar-refractivity contribution in [1.29, 1.82) is 0 Å². The molecule has 0 fully saturated rings. The van der Waals surface area contributed by atoms with Crippen molar-refractivity contribution in [3.63, 3.8) is 0 Å². The van der Waals surface area contributed by atoms with Gasteiger partial charge in [-0.05, 0) is 37.1 Å². The van der Waals surface area contributed by atoms with Crippen molar-refractivity contribution in [3.8, 4) is 0 Å². The summed E-state index contributed by atoms with van der Waals surface area (Å²) in [4.78, 5) is 7.32. The molecule has 3 N–H and O–H groups in total. The molecule has 0 saturated heterocycles. The van der Waals surface area contributed by atoms with Crippen LogP contribution in [0, 0.1) is 12.7 Å². The Bertz CT molecular complexity index is 900. The summed E-state index contributed by atoms with van der Waals surface area (Å²) in [7, 11) is 3.66. The van der Waals surface area contributed by atoms with Crippen LogP contribution in [0.15, 0.2) is 29.4 Å². The van der Waals surface area contributed by atoms with Crippen LogP contribution in [-0.4, -0.2) is 39.3 Å². The standard InChI is InChI=1S/C17H22FN7.HI/c1-11-23-24-16(25(11)3)10-22-17(19-2)20-7-6-12-9-21-15-8-13(18)4-5-14(12)15;/h4-5,8-9,21H,6-7,10H2,1-3H3,(H2,19,20,22);1H. The maximum Gasteiger partial charge on any atom is 0.191 e. The Balaban J connectivity index is 0.00000243. The average Bonchev–Trinajstić information content (AvgIpc) is 3.15. The average molecular weight is 471 g/mol. The van der Waals surface area contributed by atoms with E-state index >= 15 is 0 Å². The molecule has 0 spiro atoms. The zero-order chi connectivity index (χ0) is 17.8. The van der Waals surface area contributed by atoms with Crippen LogP contribution in [0.2, 0.25) is 0 Å². The largest absolute Gasteiger partial charge is 0.361 e. The molecule has 3 rings (SSSR count). The third-order valence-corrected chi connectivity index (χ3v) is 4.24. The Morgan fingerprint density at radius 3 is 2.81 bits per heavy atom. The second-order valence-corrected chi connectivity index (χ2v) is 5.83. The van der Waals surface area contributed by atoms with Gasteiger partial charge in [-0.2, -0.15) is 0 Å². The molecule has 0 bridgehead atoms. The second-order valence-electron chi connectivity index (χ2n) is 5.83. The lowest BCUT2D eigenvalue weighted by atomic mass is 10.1. The first kappa shape index (κ1) is 20.1. The van der Waals surface area contributed by atoms with E-state index in [9.17, 15) is 4.39 Å². The third-order valence-electron chi connectivity index (χ3n) is 4.24. The highest BCUT2D eigenvalue weighted by Crippen LogP contribution is 2.19. The molecule has 140 valence electrons. The highest BCUT2D eigenvalue weighted by atomic mass is 127. The molecule has 0 atom stereocenters. The van der Waals surface area contributed by atoms with Crippen molar-refractivity contribution in [1.82, 2.24) is 30.4 Å². The van der Waals surface area contributed by atoms with Crippen molar-refractivity contribution < 1.29 is 4.39 Å². The number of hydrogen-bond acceptors (Lipinski definition) is 3. The Labute approximate surface area is 168 Å². The second kappa shape index (κ2) is 8.97. The fourth-order valence-electron chi connectivity index (χ4n) is 2.67. The molecule has 2 heterocycles. The molecule has 0 amide bonds. The monoisotopic (exact) mass is 471 g/mol. The molecule has 2 aromatic heterocycles. The minimum atomic E-state index is -0.234. The van der Waals surface area contributed by atoms with Crippen LogP contribution < -0.4 is 10.6 Å². The van der Waals surface area contributed by atoms with Gasteiger partial charge in [0, 0.05) is 37.7 Å². The maximum absolute atomic E-state index is 13.2. The molecule has 0 aliphatic carbocycles. The van der Waals surface area contributed by atoms with Crippen LogP contribution in [-0.2, 0) is 20.0 Å². The molecule has 9 heteroatoms. The maximum atomic E-state index is 13.2. The first-order valence-electron chi connectivity index (χ1n) is 8.13. The topological polar surface area (TPSA) is 82.9 Å². The number of nitrogens with zero attached hydrogens (tertiary/aromatic N) is 4. The van der Waals surface area contributed by atoms with Crippen LogP contribution in [0.4, 0.5) is 4.39 Å². The van der Waals surface area contributed by atoms with E-state index in [1.165, 1.54) is 12.1 Å². The highest BCUT2D eigenvalue weighted by Gasteiger charge is 2.07. The molecule has 0 saturated carbocycles. The first-order chi connectivity index (χ1) is 12.1. The minimum Gasteiger partial charge on any atom is -0.361 e. The molecule has 26 heavy (non-hydrogen) atoms. The summed E-state index contributed by atoms with van der Waals surface area (Å²) in [6.45, 7) is 3.17. The van der Waals surface area contributed by atoms with E-state index in [0.717, 1.165) is 34.5 Å². The van der Waals surface area contributed by atoms with Crippen LogP contribution in [0.5, 0.6) is 0 Å². The number of fused-ring (bicyclic) bond motifs is 1. The zero-order valence-corrected chi connectivity index (χ0v) is 17.3. The Kier molecular flexibility index (Phi) is 6.95. The molecule has 3 aromatic rings. The molecular formula is C17H23FIN7. The number of nitrogens with one attached hydrogen (secondary N) is 3. The van der Waals surface area contributed by atoms with Gasteiger partial charge in [0.05, 0.1) is 6.54 Å². The first-order valence-corrected chi connectivity index (χ1v) is 8.13. The molecule has 0 radical (unpaired) electrons. The van der Waals surface area contributed by atoms with Gasteiger partial charge in [0.15, 0.2) is 11.8 Å². The van der Waals surface area contributed by atoms with Gasteiger partial charge >= 0.3 is 0 Å². The van der Waals surface area contributed by atoms with E-state index < -0.39 is 0 Å². The number of aryl methyl sites for hydroxylation is 1. The van der Waals surface area contributed by atoms with Gasteiger partial charge in [-0.1, -0.05) is 0 Å². The number of halogens is 2. The summed E-state index contributed by atoms with van der Waals surface area (Å²) in [5.74, 6) is 2.18. The predicted octanol–water partition coefficient (Wildman–Crippen LogP) is 2.27. The molecule has 0 aliphatic heterocycles. The fourth-order valence-corrected chi connectivity index (χ4v) is 2.67. The summed E-state index contributed by atoms with van der Waals surface area (Å²) in [5, 5.41) is 15.7. The highest BCUT2D eigenvalue weighted by molar-refractivity contribution is 14.0. The minimum absolute atomic E-state index is 0. The van der Waals surface area contributed by atoms with Crippen molar-refractivity contribution in [3.05, 3.63) is 47.4 Å². The molecule has 1 aromatic carbocycles. The quantitative estimate of drug-likeness (QED) is 0.303. The lowest BCUT2D eigenvalue weighted by Crippen LogP contribution is -2.38. The fraction of sp³-hybridized carbons (Fsp3) is 0.353. The summed E-state index contributed by atoms with van der Waals surface area (Å²) < 4.78 is 15.2. The lowest BCUT2D eigenvalue weighted by Gasteiger charge is -2.11. The smallest absolute Gasteiger partial charge is 0.191 e. The van der Waals surface area contributed by atoms with Gasteiger partial charge in [-0.25, -0.2) is 4.39 Å². The SMILES string of the molecule is CN=C(NCCc1c[nH]c2cc(F)ccc12)NCc1nnc(C)n1C.I. The number of aromatic nitrogens is 4. The van der Waals surface area contributed by atoms with Gasteiger partial charge in [-0.15, -0.1) is 34.2 Å². The van der Waals surface area contributed by atoms with E-state index in [-0.39, 0.29) is 29.8 Å². The van der Waals surface area contributed by atoms with Gasteiger partial charge < -0.3 is 20.2 Å². The summed E-state index contributed by atoms with van der Waals surface area (Å²) in [6.07, 6.45) is 2.72. The number of aromatic amines is 1. The van der Waals surface area contributed by atoms with Crippen LogP contribution >= 0.6 is 24.0 Å². The van der Waals surface area contributed by atoms with E-state index in [1.807, 2.05) is 24.7 Å². The van der Waals surface area contributed by atoms with Crippen molar-refractivity contribution in [2.75, 3.05) is 13.6 Å². The van der Waals surface area contributed by atoms with E-state index in [0.29, 0.717) is 19.0 Å². The zero-order valence-electron chi connectivity index (χ0n) is 15.0. The van der Waals surface area contributed by atoms with E-state index in [4.69, 9.17) is 0 Å². The normalized spacial score (nSPS) is 11.5. The van der Waals surface area contributed by atoms with Crippen molar-refractivity contribution in [2.45, 2.75) is 19.9 Å². The number of benzene rings is 1. The van der Waals surface area contributed by atoms with Gasteiger partial charge in [-0.3, -0.25) is 4.99 Å². The number of hydrogen-bond donors (Lipinski definition) is 3. The Hall–Kier alpha value is -2.17.